The number of benzene rings is 2. The minimum Gasteiger partial charge on any atom is -0.354 e. The first-order valence-electron chi connectivity index (χ1n) is 8.29. The summed E-state index contributed by atoms with van der Waals surface area (Å²) in [5.74, 6) is 1.34. The molecular weight excluding hydrogens is 368 g/mol. The van der Waals surface area contributed by atoms with Crippen molar-refractivity contribution in [1.29, 1.82) is 0 Å². The van der Waals surface area contributed by atoms with Crippen LogP contribution in [0.1, 0.15) is 11.1 Å². The number of aryl methyl sites for hydroxylation is 1. The highest BCUT2D eigenvalue weighted by molar-refractivity contribution is 7.98. The van der Waals surface area contributed by atoms with E-state index >= 15 is 0 Å². The molecule has 0 unspecified atom stereocenters. The van der Waals surface area contributed by atoms with Crippen LogP contribution in [0.2, 0.25) is 0 Å². The number of amides is 1. The zero-order valence-corrected chi connectivity index (χ0v) is 16.6. The third-order valence-electron chi connectivity index (χ3n) is 3.69. The Bertz CT molecular complexity index is 806. The van der Waals surface area contributed by atoms with Gasteiger partial charge in [0.15, 0.2) is 0 Å². The predicted octanol–water partition coefficient (Wildman–Crippen LogP) is 2.81. The SMILES string of the molecule is Cc1ccc(N(CC(=O)NCCSCc2ccccc2)S(C)(=O)=O)cc1. The van der Waals surface area contributed by atoms with E-state index in [-0.39, 0.29) is 12.5 Å². The first kappa shape index (κ1) is 20.3. The van der Waals surface area contributed by atoms with E-state index in [0.717, 1.165) is 27.6 Å². The van der Waals surface area contributed by atoms with Crippen molar-refractivity contribution >= 4 is 33.4 Å². The number of anilines is 1. The van der Waals surface area contributed by atoms with Crippen LogP contribution in [0.15, 0.2) is 54.6 Å². The van der Waals surface area contributed by atoms with Crippen molar-refractivity contribution in [2.45, 2.75) is 12.7 Å². The third kappa shape index (κ3) is 6.72. The van der Waals surface area contributed by atoms with Gasteiger partial charge in [-0.3, -0.25) is 9.10 Å². The molecule has 2 aromatic rings. The molecule has 1 amide bonds. The van der Waals surface area contributed by atoms with Gasteiger partial charge in [-0.05, 0) is 24.6 Å². The predicted molar refractivity (Wildman–Crippen MR) is 109 cm³/mol. The van der Waals surface area contributed by atoms with E-state index in [1.165, 1.54) is 5.56 Å². The fourth-order valence-electron chi connectivity index (χ4n) is 2.32. The van der Waals surface area contributed by atoms with Gasteiger partial charge in [0.2, 0.25) is 15.9 Å². The van der Waals surface area contributed by atoms with Crippen molar-refractivity contribution in [3.63, 3.8) is 0 Å². The summed E-state index contributed by atoms with van der Waals surface area (Å²) in [6.07, 6.45) is 1.11. The molecule has 1 N–H and O–H groups in total. The number of carbonyl (C=O) groups is 1. The molecule has 0 atom stereocenters. The number of nitrogens with zero attached hydrogens (tertiary/aromatic N) is 1. The average molecular weight is 393 g/mol. The van der Waals surface area contributed by atoms with Crippen LogP contribution < -0.4 is 9.62 Å². The van der Waals surface area contributed by atoms with Gasteiger partial charge in [0, 0.05) is 18.1 Å². The maximum atomic E-state index is 12.1. The minimum atomic E-state index is -3.53. The molecule has 26 heavy (non-hydrogen) atoms. The van der Waals surface area contributed by atoms with Crippen molar-refractivity contribution in [2.24, 2.45) is 0 Å². The Morgan fingerprint density at radius 1 is 1.08 bits per heavy atom. The maximum absolute atomic E-state index is 12.1. The van der Waals surface area contributed by atoms with Crippen LogP contribution in [0.5, 0.6) is 0 Å². The summed E-state index contributed by atoms with van der Waals surface area (Å²) in [4.78, 5) is 12.1. The van der Waals surface area contributed by atoms with Gasteiger partial charge in [0.05, 0.1) is 11.9 Å². The van der Waals surface area contributed by atoms with E-state index in [1.54, 1.807) is 23.9 Å². The van der Waals surface area contributed by atoms with E-state index in [9.17, 15) is 13.2 Å². The third-order valence-corrected chi connectivity index (χ3v) is 5.86. The van der Waals surface area contributed by atoms with Crippen LogP contribution in [-0.4, -0.2) is 39.4 Å². The van der Waals surface area contributed by atoms with Crippen LogP contribution in [0.3, 0.4) is 0 Å². The molecular formula is C19H24N2O3S2. The molecule has 0 heterocycles. The second-order valence-electron chi connectivity index (χ2n) is 5.99. The van der Waals surface area contributed by atoms with Gasteiger partial charge in [-0.15, -0.1) is 0 Å². The highest BCUT2D eigenvalue weighted by atomic mass is 32.2. The lowest BCUT2D eigenvalue weighted by atomic mass is 10.2. The first-order valence-corrected chi connectivity index (χ1v) is 11.3. The van der Waals surface area contributed by atoms with Crippen LogP contribution >= 0.6 is 11.8 Å². The topological polar surface area (TPSA) is 66.5 Å². The summed E-state index contributed by atoms with van der Waals surface area (Å²) >= 11 is 1.72. The fraction of sp³-hybridized carbons (Fsp3) is 0.316. The van der Waals surface area contributed by atoms with Gasteiger partial charge >= 0.3 is 0 Å². The number of rotatable bonds is 9. The van der Waals surface area contributed by atoms with Crippen molar-refractivity contribution in [2.75, 3.05) is 29.4 Å². The van der Waals surface area contributed by atoms with Crippen LogP contribution in [0.4, 0.5) is 5.69 Å². The first-order chi connectivity index (χ1) is 12.4. The Balaban J connectivity index is 1.81. The summed E-state index contributed by atoms with van der Waals surface area (Å²) in [5.41, 5.74) is 2.76. The molecule has 0 aliphatic rings. The van der Waals surface area contributed by atoms with Crippen LogP contribution in [-0.2, 0) is 20.6 Å². The number of nitrogens with one attached hydrogen (secondary N) is 1. The van der Waals surface area contributed by atoms with E-state index < -0.39 is 10.0 Å². The largest absolute Gasteiger partial charge is 0.354 e. The molecule has 0 aliphatic carbocycles. The van der Waals surface area contributed by atoms with E-state index in [0.29, 0.717) is 12.2 Å². The lowest BCUT2D eigenvalue weighted by Crippen LogP contribution is -2.41. The Kier molecular flexibility index (Phi) is 7.53. The highest BCUT2D eigenvalue weighted by Crippen LogP contribution is 2.17. The fourth-order valence-corrected chi connectivity index (χ4v) is 4.00. The summed E-state index contributed by atoms with van der Waals surface area (Å²) in [6.45, 7) is 2.21. The second-order valence-corrected chi connectivity index (χ2v) is 9.01. The van der Waals surface area contributed by atoms with Crippen molar-refractivity contribution in [1.82, 2.24) is 5.32 Å². The lowest BCUT2D eigenvalue weighted by Gasteiger charge is -2.22. The number of thioether (sulfide) groups is 1. The molecule has 140 valence electrons. The van der Waals surface area contributed by atoms with Crippen LogP contribution in [0.25, 0.3) is 0 Å². The normalized spacial score (nSPS) is 11.2. The van der Waals surface area contributed by atoms with Gasteiger partial charge in [0.25, 0.3) is 0 Å². The molecule has 0 saturated heterocycles. The summed E-state index contributed by atoms with van der Waals surface area (Å²) in [5, 5.41) is 2.79. The van der Waals surface area contributed by atoms with Gasteiger partial charge < -0.3 is 5.32 Å². The zero-order chi connectivity index (χ0) is 19.0. The molecule has 0 spiro atoms. The van der Waals surface area contributed by atoms with Crippen molar-refractivity contribution < 1.29 is 13.2 Å². The molecule has 2 aromatic carbocycles. The lowest BCUT2D eigenvalue weighted by molar-refractivity contribution is -0.119. The summed E-state index contributed by atoms with van der Waals surface area (Å²) in [7, 11) is -3.53. The Morgan fingerprint density at radius 3 is 2.35 bits per heavy atom. The van der Waals surface area contributed by atoms with Gasteiger partial charge in [-0.1, -0.05) is 48.0 Å². The molecule has 0 bridgehead atoms. The van der Waals surface area contributed by atoms with Gasteiger partial charge in [-0.2, -0.15) is 11.8 Å². The minimum absolute atomic E-state index is 0.217. The molecule has 0 aromatic heterocycles. The van der Waals surface area contributed by atoms with E-state index in [2.05, 4.69) is 17.4 Å². The molecule has 7 heteroatoms. The van der Waals surface area contributed by atoms with Gasteiger partial charge in [0.1, 0.15) is 6.54 Å². The molecule has 5 nitrogen and oxygen atoms in total. The van der Waals surface area contributed by atoms with E-state index in [4.69, 9.17) is 0 Å². The average Bonchev–Trinajstić information content (AvgIpc) is 2.60. The quantitative estimate of drug-likeness (QED) is 0.667. The zero-order valence-electron chi connectivity index (χ0n) is 15.0. The number of sulfonamides is 1. The molecule has 0 radical (unpaired) electrons. The standard InChI is InChI=1S/C19H24N2O3S2/c1-16-8-10-18(11-9-16)21(26(2,23)24)14-19(22)20-12-13-25-15-17-6-4-3-5-7-17/h3-11H,12-15H2,1-2H3,(H,20,22). The van der Waals surface area contributed by atoms with Crippen LogP contribution in [0, 0.1) is 6.92 Å². The highest BCUT2D eigenvalue weighted by Gasteiger charge is 2.20. The molecule has 0 saturated carbocycles. The molecule has 0 aliphatic heterocycles. The molecule has 0 fully saturated rings. The number of hydrogen-bond acceptors (Lipinski definition) is 4. The van der Waals surface area contributed by atoms with Gasteiger partial charge in [-0.25, -0.2) is 8.42 Å². The Morgan fingerprint density at radius 2 is 1.73 bits per heavy atom. The number of carbonyl (C=O) groups excluding carboxylic acids is 1. The summed E-state index contributed by atoms with van der Waals surface area (Å²) < 4.78 is 25.2. The Labute approximate surface area is 159 Å². The Hall–Kier alpha value is -1.99. The van der Waals surface area contributed by atoms with Crippen molar-refractivity contribution in [3.8, 4) is 0 Å². The van der Waals surface area contributed by atoms with E-state index in [1.807, 2.05) is 37.3 Å². The number of hydrogen-bond donors (Lipinski definition) is 1. The van der Waals surface area contributed by atoms with Crippen molar-refractivity contribution in [3.05, 3.63) is 65.7 Å². The summed E-state index contributed by atoms with van der Waals surface area (Å²) in [6, 6.07) is 17.2. The smallest absolute Gasteiger partial charge is 0.240 e. The molecule has 2 rings (SSSR count). The second kappa shape index (κ2) is 9.64. The maximum Gasteiger partial charge on any atom is 0.240 e. The monoisotopic (exact) mass is 392 g/mol.